The number of rotatable bonds is 7. The van der Waals surface area contributed by atoms with E-state index in [0.29, 0.717) is 18.7 Å². The topological polar surface area (TPSA) is 93.0 Å². The van der Waals surface area contributed by atoms with Crippen LogP contribution in [-0.2, 0) is 9.59 Å². The van der Waals surface area contributed by atoms with E-state index in [-0.39, 0.29) is 29.7 Å². The van der Waals surface area contributed by atoms with Gasteiger partial charge in [0.2, 0.25) is 5.91 Å². The third-order valence-corrected chi connectivity index (χ3v) is 4.19. The van der Waals surface area contributed by atoms with E-state index in [9.17, 15) is 19.7 Å². The third kappa shape index (κ3) is 4.07. The molecule has 2 amide bonds. The molecule has 0 N–H and O–H groups in total. The van der Waals surface area contributed by atoms with Crippen LogP contribution in [0.5, 0.6) is 5.75 Å². The molecule has 1 atom stereocenters. The van der Waals surface area contributed by atoms with Crippen molar-refractivity contribution in [2.24, 2.45) is 0 Å². The minimum absolute atomic E-state index is 0.151. The van der Waals surface area contributed by atoms with Gasteiger partial charge in [0.1, 0.15) is 12.3 Å². The molecular formula is C17H23N3O5. The average Bonchev–Trinajstić information content (AvgIpc) is 2.60. The zero-order valence-electron chi connectivity index (χ0n) is 14.7. The second kappa shape index (κ2) is 7.96. The lowest BCUT2D eigenvalue weighted by Crippen LogP contribution is -2.50. The average molecular weight is 349 g/mol. The molecule has 1 heterocycles. The Morgan fingerprint density at radius 2 is 2.12 bits per heavy atom. The highest BCUT2D eigenvalue weighted by molar-refractivity contribution is 6.04. The van der Waals surface area contributed by atoms with E-state index in [2.05, 4.69) is 0 Å². The maximum absolute atomic E-state index is 12.6. The first-order valence-corrected chi connectivity index (χ1v) is 8.39. The molecule has 25 heavy (non-hydrogen) atoms. The smallest absolute Gasteiger partial charge is 0.271 e. The Morgan fingerprint density at radius 1 is 1.40 bits per heavy atom. The standard InChI is InChI=1S/C17H23N3O5/c1-4-6-9-18(3)16(21)11-19-13-10-12(20(23)24)7-8-15(13)25-14(5-2)17(19)22/h7-8,10,14H,4-6,9,11H2,1-3H3. The van der Waals surface area contributed by atoms with Crippen LogP contribution in [0.3, 0.4) is 0 Å². The number of hydrogen-bond donors (Lipinski definition) is 0. The van der Waals surface area contributed by atoms with Gasteiger partial charge in [-0.25, -0.2) is 0 Å². The lowest BCUT2D eigenvalue weighted by atomic mass is 10.1. The van der Waals surface area contributed by atoms with Crippen LogP contribution in [0.25, 0.3) is 0 Å². The van der Waals surface area contributed by atoms with Gasteiger partial charge in [0.25, 0.3) is 11.6 Å². The largest absolute Gasteiger partial charge is 0.478 e. The second-order valence-electron chi connectivity index (χ2n) is 6.02. The van der Waals surface area contributed by atoms with E-state index in [1.165, 1.54) is 23.1 Å². The summed E-state index contributed by atoms with van der Waals surface area (Å²) in [6.45, 7) is 4.29. The summed E-state index contributed by atoms with van der Waals surface area (Å²) >= 11 is 0. The molecule has 0 radical (unpaired) electrons. The maximum atomic E-state index is 12.6. The number of fused-ring (bicyclic) bond motifs is 1. The van der Waals surface area contributed by atoms with E-state index in [1.54, 1.807) is 11.9 Å². The Bertz CT molecular complexity index is 676. The summed E-state index contributed by atoms with van der Waals surface area (Å²) in [6.07, 6.45) is 1.59. The lowest BCUT2D eigenvalue weighted by Gasteiger charge is -2.34. The highest BCUT2D eigenvalue weighted by Crippen LogP contribution is 2.37. The molecule has 0 saturated carbocycles. The first kappa shape index (κ1) is 18.7. The SMILES string of the molecule is CCCCN(C)C(=O)CN1C(=O)C(CC)Oc2ccc([N+](=O)[O-])cc21. The molecule has 1 aliphatic heterocycles. The highest BCUT2D eigenvalue weighted by Gasteiger charge is 2.35. The van der Waals surface area contributed by atoms with Crippen molar-refractivity contribution in [3.8, 4) is 5.75 Å². The number of ether oxygens (including phenoxy) is 1. The number of nitro benzene ring substituents is 1. The Hall–Kier alpha value is -2.64. The first-order valence-electron chi connectivity index (χ1n) is 8.39. The van der Waals surface area contributed by atoms with Crippen LogP contribution in [0.4, 0.5) is 11.4 Å². The van der Waals surface area contributed by atoms with Gasteiger partial charge in [-0.3, -0.25) is 24.6 Å². The van der Waals surface area contributed by atoms with Gasteiger partial charge in [-0.2, -0.15) is 0 Å². The van der Waals surface area contributed by atoms with Gasteiger partial charge in [-0.1, -0.05) is 20.3 Å². The zero-order chi connectivity index (χ0) is 18.6. The Labute approximate surface area is 146 Å². The summed E-state index contributed by atoms with van der Waals surface area (Å²) in [5.41, 5.74) is 0.114. The Morgan fingerprint density at radius 3 is 2.72 bits per heavy atom. The van der Waals surface area contributed by atoms with Crippen molar-refractivity contribution >= 4 is 23.2 Å². The van der Waals surface area contributed by atoms with Crippen LogP contribution in [0.2, 0.25) is 0 Å². The fourth-order valence-electron chi connectivity index (χ4n) is 2.62. The number of amides is 2. The third-order valence-electron chi connectivity index (χ3n) is 4.19. The summed E-state index contributed by atoms with van der Waals surface area (Å²) in [6, 6.07) is 4.08. The molecular weight excluding hydrogens is 326 g/mol. The number of carbonyl (C=O) groups is 2. The number of nitro groups is 1. The molecule has 0 fully saturated rings. The number of hydrogen-bond acceptors (Lipinski definition) is 5. The predicted molar refractivity (Wildman–Crippen MR) is 92.7 cm³/mol. The molecule has 0 saturated heterocycles. The number of likely N-dealkylation sites (N-methyl/N-ethyl adjacent to an activating group) is 1. The summed E-state index contributed by atoms with van der Waals surface area (Å²) in [7, 11) is 1.69. The number of anilines is 1. The van der Waals surface area contributed by atoms with E-state index >= 15 is 0 Å². The van der Waals surface area contributed by atoms with Crippen LogP contribution >= 0.6 is 0 Å². The van der Waals surface area contributed by atoms with Crippen molar-refractivity contribution in [2.75, 3.05) is 25.0 Å². The van der Waals surface area contributed by atoms with Gasteiger partial charge in [-0.15, -0.1) is 0 Å². The molecule has 8 heteroatoms. The number of carbonyl (C=O) groups excluding carboxylic acids is 2. The van der Waals surface area contributed by atoms with Crippen LogP contribution in [0.1, 0.15) is 33.1 Å². The van der Waals surface area contributed by atoms with Gasteiger partial charge >= 0.3 is 0 Å². The molecule has 8 nitrogen and oxygen atoms in total. The summed E-state index contributed by atoms with van der Waals surface area (Å²) in [5.74, 6) is -0.190. The molecule has 2 rings (SSSR count). The first-order chi connectivity index (χ1) is 11.9. The van der Waals surface area contributed by atoms with Gasteiger partial charge in [0.15, 0.2) is 6.10 Å². The van der Waals surface area contributed by atoms with Crippen molar-refractivity contribution in [2.45, 2.75) is 39.2 Å². The summed E-state index contributed by atoms with van der Waals surface area (Å²) in [5, 5.41) is 11.0. The molecule has 0 aliphatic carbocycles. The van der Waals surface area contributed by atoms with Gasteiger partial charge in [0, 0.05) is 25.7 Å². The molecule has 0 aromatic heterocycles. The molecule has 1 aromatic rings. The molecule has 1 aromatic carbocycles. The second-order valence-corrected chi connectivity index (χ2v) is 6.02. The van der Waals surface area contributed by atoms with E-state index < -0.39 is 11.0 Å². The van der Waals surface area contributed by atoms with E-state index in [1.807, 2.05) is 13.8 Å². The van der Waals surface area contributed by atoms with Crippen molar-refractivity contribution in [1.29, 1.82) is 0 Å². The molecule has 1 aliphatic rings. The minimum Gasteiger partial charge on any atom is -0.478 e. The quantitative estimate of drug-likeness (QED) is 0.556. The molecule has 1 unspecified atom stereocenters. The monoisotopic (exact) mass is 349 g/mol. The van der Waals surface area contributed by atoms with Crippen LogP contribution < -0.4 is 9.64 Å². The van der Waals surface area contributed by atoms with Gasteiger partial charge < -0.3 is 9.64 Å². The van der Waals surface area contributed by atoms with Crippen molar-refractivity contribution in [1.82, 2.24) is 4.90 Å². The Kier molecular flexibility index (Phi) is 5.95. The number of benzene rings is 1. The van der Waals surface area contributed by atoms with Crippen LogP contribution in [0.15, 0.2) is 18.2 Å². The normalized spacial score (nSPS) is 16.2. The van der Waals surface area contributed by atoms with Gasteiger partial charge in [0.05, 0.1) is 10.6 Å². The van der Waals surface area contributed by atoms with E-state index in [0.717, 1.165) is 12.8 Å². The lowest BCUT2D eigenvalue weighted by molar-refractivity contribution is -0.384. The van der Waals surface area contributed by atoms with Crippen molar-refractivity contribution in [3.05, 3.63) is 28.3 Å². The number of nitrogens with zero attached hydrogens (tertiary/aromatic N) is 3. The zero-order valence-corrected chi connectivity index (χ0v) is 14.7. The summed E-state index contributed by atoms with van der Waals surface area (Å²) < 4.78 is 5.63. The van der Waals surface area contributed by atoms with Crippen molar-refractivity contribution < 1.29 is 19.2 Å². The molecule has 0 bridgehead atoms. The van der Waals surface area contributed by atoms with E-state index in [4.69, 9.17) is 4.74 Å². The minimum atomic E-state index is -0.692. The highest BCUT2D eigenvalue weighted by atomic mass is 16.6. The fraction of sp³-hybridized carbons (Fsp3) is 0.529. The number of non-ortho nitro benzene ring substituents is 1. The van der Waals surface area contributed by atoms with Crippen LogP contribution in [0, 0.1) is 10.1 Å². The van der Waals surface area contributed by atoms with Crippen LogP contribution in [-0.4, -0.2) is 47.9 Å². The predicted octanol–water partition coefficient (Wildman–Crippen LogP) is 2.36. The molecule has 136 valence electrons. The summed E-state index contributed by atoms with van der Waals surface area (Å²) in [4.78, 5) is 38.4. The van der Waals surface area contributed by atoms with Gasteiger partial charge in [-0.05, 0) is 18.9 Å². The fourth-order valence-corrected chi connectivity index (χ4v) is 2.62. The maximum Gasteiger partial charge on any atom is 0.271 e. The molecule has 0 spiro atoms. The van der Waals surface area contributed by atoms with Crippen molar-refractivity contribution in [3.63, 3.8) is 0 Å². The Balaban J connectivity index is 2.31. The number of unbranched alkanes of at least 4 members (excludes halogenated alkanes) is 1.